The van der Waals surface area contributed by atoms with Crippen molar-refractivity contribution >= 4 is 7.12 Å². The smallest absolute Gasteiger partial charge is 0.403 e. The molecule has 0 aromatic rings. The number of hydrogen-bond donors (Lipinski definition) is 1. The summed E-state index contributed by atoms with van der Waals surface area (Å²) in [6, 6.07) is 0. The highest BCUT2D eigenvalue weighted by Gasteiger charge is 2.53. The van der Waals surface area contributed by atoms with Gasteiger partial charge in [0.05, 0.1) is 11.2 Å². The molecule has 3 nitrogen and oxygen atoms in total. The standard InChI is InChI=1S/C12H24BNO2/c1-11(2)12(3,4)16-13(15-11)10-6-5-8-14-9-7-10/h10,14H,5-9H2,1-4H3. The maximum absolute atomic E-state index is 6.11. The van der Waals surface area contributed by atoms with E-state index in [0.29, 0.717) is 5.82 Å². The van der Waals surface area contributed by atoms with Gasteiger partial charge in [0.1, 0.15) is 0 Å². The second kappa shape index (κ2) is 4.32. The molecule has 0 bridgehead atoms. The first-order valence-corrected chi connectivity index (χ1v) is 6.49. The zero-order valence-corrected chi connectivity index (χ0v) is 11.0. The van der Waals surface area contributed by atoms with E-state index in [-0.39, 0.29) is 18.3 Å². The van der Waals surface area contributed by atoms with Gasteiger partial charge < -0.3 is 14.6 Å². The van der Waals surface area contributed by atoms with Gasteiger partial charge in [-0.2, -0.15) is 0 Å². The molecule has 92 valence electrons. The van der Waals surface area contributed by atoms with Crippen LogP contribution in [0.25, 0.3) is 0 Å². The predicted octanol–water partition coefficient (Wildman–Crippen LogP) is 2.22. The molecule has 2 heterocycles. The molecular weight excluding hydrogens is 201 g/mol. The van der Waals surface area contributed by atoms with E-state index in [1.165, 1.54) is 12.8 Å². The van der Waals surface area contributed by atoms with Gasteiger partial charge >= 0.3 is 7.12 Å². The van der Waals surface area contributed by atoms with Crippen molar-refractivity contribution in [3.05, 3.63) is 0 Å². The van der Waals surface area contributed by atoms with Gasteiger partial charge in [-0.3, -0.25) is 0 Å². The second-order valence-electron chi connectivity index (χ2n) is 6.07. The molecule has 0 aromatic carbocycles. The lowest BCUT2D eigenvalue weighted by atomic mass is 9.68. The van der Waals surface area contributed by atoms with Gasteiger partial charge in [0.2, 0.25) is 0 Å². The lowest BCUT2D eigenvalue weighted by Gasteiger charge is -2.32. The molecule has 0 saturated carbocycles. The number of rotatable bonds is 1. The van der Waals surface area contributed by atoms with Crippen LogP contribution in [0.1, 0.15) is 47.0 Å². The molecule has 1 N–H and O–H groups in total. The van der Waals surface area contributed by atoms with E-state index in [2.05, 4.69) is 33.0 Å². The highest BCUT2D eigenvalue weighted by atomic mass is 16.7. The minimum atomic E-state index is -0.183. The molecule has 16 heavy (non-hydrogen) atoms. The molecule has 2 saturated heterocycles. The first kappa shape index (κ1) is 12.4. The lowest BCUT2D eigenvalue weighted by molar-refractivity contribution is 0.00578. The Labute approximate surface area is 99.4 Å². The van der Waals surface area contributed by atoms with Crippen LogP contribution in [0.2, 0.25) is 5.82 Å². The van der Waals surface area contributed by atoms with Crippen molar-refractivity contribution in [2.24, 2.45) is 0 Å². The largest absolute Gasteiger partial charge is 0.461 e. The van der Waals surface area contributed by atoms with Crippen molar-refractivity contribution in [1.29, 1.82) is 0 Å². The third-order valence-electron chi connectivity index (χ3n) is 4.28. The summed E-state index contributed by atoms with van der Waals surface area (Å²) in [4.78, 5) is 0. The van der Waals surface area contributed by atoms with Crippen molar-refractivity contribution in [3.63, 3.8) is 0 Å². The Hall–Kier alpha value is -0.0551. The summed E-state index contributed by atoms with van der Waals surface area (Å²) in [5, 5.41) is 3.43. The molecule has 2 fully saturated rings. The fourth-order valence-corrected chi connectivity index (χ4v) is 2.40. The first-order chi connectivity index (χ1) is 7.42. The molecule has 2 rings (SSSR count). The van der Waals surface area contributed by atoms with Crippen molar-refractivity contribution in [2.75, 3.05) is 13.1 Å². The van der Waals surface area contributed by atoms with Crippen molar-refractivity contribution in [2.45, 2.75) is 64.0 Å². The topological polar surface area (TPSA) is 30.5 Å². The van der Waals surface area contributed by atoms with Crippen LogP contribution in [0.15, 0.2) is 0 Å². The highest BCUT2D eigenvalue weighted by molar-refractivity contribution is 6.47. The van der Waals surface area contributed by atoms with Crippen LogP contribution in [-0.4, -0.2) is 31.4 Å². The van der Waals surface area contributed by atoms with Crippen molar-refractivity contribution in [3.8, 4) is 0 Å². The molecule has 0 aromatic heterocycles. The minimum absolute atomic E-state index is 0.00935. The minimum Gasteiger partial charge on any atom is -0.403 e. The Bertz CT molecular complexity index is 231. The van der Waals surface area contributed by atoms with E-state index in [9.17, 15) is 0 Å². The Balaban J connectivity index is 2.01. The van der Waals surface area contributed by atoms with E-state index in [4.69, 9.17) is 9.31 Å². The Morgan fingerprint density at radius 2 is 1.62 bits per heavy atom. The molecule has 1 unspecified atom stereocenters. The van der Waals surface area contributed by atoms with Crippen LogP contribution in [0, 0.1) is 0 Å². The molecule has 0 radical (unpaired) electrons. The van der Waals surface area contributed by atoms with Gasteiger partial charge in [0.25, 0.3) is 0 Å². The average Bonchev–Trinajstić information content (AvgIpc) is 2.42. The summed E-state index contributed by atoms with van der Waals surface area (Å²) in [7, 11) is -0.00935. The Morgan fingerprint density at radius 1 is 1.00 bits per heavy atom. The van der Waals surface area contributed by atoms with E-state index < -0.39 is 0 Å². The second-order valence-corrected chi connectivity index (χ2v) is 6.07. The molecule has 4 heteroatoms. The van der Waals surface area contributed by atoms with Gasteiger partial charge in [0, 0.05) is 0 Å². The molecule has 2 aliphatic rings. The monoisotopic (exact) mass is 225 g/mol. The first-order valence-electron chi connectivity index (χ1n) is 6.49. The van der Waals surface area contributed by atoms with E-state index in [1.54, 1.807) is 0 Å². The van der Waals surface area contributed by atoms with Gasteiger partial charge in [-0.1, -0.05) is 6.42 Å². The van der Waals surface area contributed by atoms with Crippen LogP contribution < -0.4 is 5.32 Å². The molecule has 0 spiro atoms. The molecule has 0 aliphatic carbocycles. The zero-order chi connectivity index (χ0) is 11.8. The molecule has 0 amide bonds. The fraction of sp³-hybridized carbons (Fsp3) is 1.00. The van der Waals surface area contributed by atoms with Crippen LogP contribution in [0.5, 0.6) is 0 Å². The van der Waals surface area contributed by atoms with E-state index in [0.717, 1.165) is 19.5 Å². The summed E-state index contributed by atoms with van der Waals surface area (Å²) in [6.45, 7) is 10.7. The van der Waals surface area contributed by atoms with Crippen LogP contribution >= 0.6 is 0 Å². The summed E-state index contributed by atoms with van der Waals surface area (Å²) in [5.41, 5.74) is -0.366. The number of nitrogens with one attached hydrogen (secondary N) is 1. The van der Waals surface area contributed by atoms with Crippen molar-refractivity contribution in [1.82, 2.24) is 5.32 Å². The van der Waals surface area contributed by atoms with Crippen LogP contribution in [0.4, 0.5) is 0 Å². The Morgan fingerprint density at radius 3 is 2.25 bits per heavy atom. The lowest BCUT2D eigenvalue weighted by Crippen LogP contribution is -2.41. The maximum atomic E-state index is 6.11. The quantitative estimate of drug-likeness (QED) is 0.694. The van der Waals surface area contributed by atoms with Gasteiger partial charge in [0.15, 0.2) is 0 Å². The predicted molar refractivity (Wildman–Crippen MR) is 66.6 cm³/mol. The Kier molecular flexibility index (Phi) is 3.35. The summed E-state index contributed by atoms with van der Waals surface area (Å²) >= 11 is 0. The van der Waals surface area contributed by atoms with Gasteiger partial charge in [-0.05, 0) is 59.4 Å². The zero-order valence-electron chi connectivity index (χ0n) is 11.0. The molecule has 2 aliphatic heterocycles. The van der Waals surface area contributed by atoms with E-state index in [1.807, 2.05) is 0 Å². The van der Waals surface area contributed by atoms with Crippen molar-refractivity contribution < 1.29 is 9.31 Å². The van der Waals surface area contributed by atoms with Crippen LogP contribution in [-0.2, 0) is 9.31 Å². The summed E-state index contributed by atoms with van der Waals surface area (Å²) in [5.74, 6) is 0.552. The summed E-state index contributed by atoms with van der Waals surface area (Å²) < 4.78 is 12.2. The number of hydrogen-bond acceptors (Lipinski definition) is 3. The van der Waals surface area contributed by atoms with Gasteiger partial charge in [-0.15, -0.1) is 0 Å². The molecule has 1 atom stereocenters. The maximum Gasteiger partial charge on any atom is 0.461 e. The fourth-order valence-electron chi connectivity index (χ4n) is 2.40. The third kappa shape index (κ3) is 2.29. The SMILES string of the molecule is CC1(C)OB(C2CCCNCC2)OC1(C)C. The summed E-state index contributed by atoms with van der Waals surface area (Å²) in [6.07, 6.45) is 3.61. The van der Waals surface area contributed by atoms with E-state index >= 15 is 0 Å². The third-order valence-corrected chi connectivity index (χ3v) is 4.28. The molecular formula is C12H24BNO2. The van der Waals surface area contributed by atoms with Gasteiger partial charge in [-0.25, -0.2) is 0 Å². The van der Waals surface area contributed by atoms with Crippen LogP contribution in [0.3, 0.4) is 0 Å². The average molecular weight is 225 g/mol. The normalized spacial score (nSPS) is 33.8. The highest BCUT2D eigenvalue weighted by Crippen LogP contribution is 2.42.